The summed E-state index contributed by atoms with van der Waals surface area (Å²) in [6.07, 6.45) is 0.726. The predicted octanol–water partition coefficient (Wildman–Crippen LogP) is 4.32. The predicted molar refractivity (Wildman–Crippen MR) is 152 cm³/mol. The number of pyridine rings is 1. The summed E-state index contributed by atoms with van der Waals surface area (Å²) in [6, 6.07) is 6.36. The van der Waals surface area contributed by atoms with Crippen LogP contribution in [0.5, 0.6) is 5.88 Å². The Kier molecular flexibility index (Phi) is 6.19. The molecule has 0 aliphatic carbocycles. The Morgan fingerprint density at radius 2 is 1.92 bits per heavy atom. The third-order valence-corrected chi connectivity index (χ3v) is 7.78. The maximum Gasteiger partial charge on any atom is 0.221 e. The van der Waals surface area contributed by atoms with Crippen molar-refractivity contribution in [2.75, 3.05) is 20.2 Å². The van der Waals surface area contributed by atoms with Gasteiger partial charge in [0.15, 0.2) is 0 Å². The highest BCUT2D eigenvalue weighted by Crippen LogP contribution is 2.38. The van der Waals surface area contributed by atoms with Gasteiger partial charge in [-0.1, -0.05) is 6.92 Å². The van der Waals surface area contributed by atoms with Crippen molar-refractivity contribution in [3.8, 4) is 28.4 Å². The molecule has 0 radical (unpaired) electrons. The summed E-state index contributed by atoms with van der Waals surface area (Å²) >= 11 is 0. The van der Waals surface area contributed by atoms with Crippen LogP contribution in [0, 0.1) is 13.8 Å². The van der Waals surface area contributed by atoms with Crippen LogP contribution in [-0.2, 0) is 20.0 Å². The molecule has 10 heteroatoms. The number of ether oxygens (including phenoxy) is 1. The van der Waals surface area contributed by atoms with Crippen LogP contribution in [0.3, 0.4) is 0 Å². The molecule has 0 amide bonds. The molecule has 0 fully saturated rings. The van der Waals surface area contributed by atoms with Crippen molar-refractivity contribution in [1.82, 2.24) is 39.6 Å². The van der Waals surface area contributed by atoms with Crippen molar-refractivity contribution in [2.45, 2.75) is 59.7 Å². The van der Waals surface area contributed by atoms with Gasteiger partial charge >= 0.3 is 0 Å². The van der Waals surface area contributed by atoms with Gasteiger partial charge in [0.2, 0.25) is 5.88 Å². The maximum atomic E-state index is 10.1. The second-order valence-electron chi connectivity index (χ2n) is 10.9. The summed E-state index contributed by atoms with van der Waals surface area (Å²) in [5, 5.41) is 29.9. The van der Waals surface area contributed by atoms with Crippen LogP contribution in [-0.4, -0.2) is 71.1 Å². The van der Waals surface area contributed by atoms with E-state index in [-0.39, 0.29) is 18.8 Å². The molecule has 2 N–H and O–H groups in total. The second kappa shape index (κ2) is 9.46. The van der Waals surface area contributed by atoms with Crippen molar-refractivity contribution in [1.29, 1.82) is 0 Å². The molecule has 0 unspecified atom stereocenters. The minimum Gasteiger partial charge on any atom is -0.473 e. The second-order valence-corrected chi connectivity index (χ2v) is 10.9. The van der Waals surface area contributed by atoms with Gasteiger partial charge in [0.25, 0.3) is 0 Å². The highest BCUT2D eigenvalue weighted by molar-refractivity contribution is 5.99. The number of hydrogen-bond donors (Lipinski definition) is 2. The Morgan fingerprint density at radius 3 is 2.67 bits per heavy atom. The van der Waals surface area contributed by atoms with Crippen LogP contribution in [0.15, 0.2) is 18.2 Å². The highest BCUT2D eigenvalue weighted by Gasteiger charge is 2.26. The van der Waals surface area contributed by atoms with Gasteiger partial charge < -0.3 is 9.84 Å². The van der Waals surface area contributed by atoms with Crippen LogP contribution in [0.25, 0.3) is 44.3 Å². The van der Waals surface area contributed by atoms with Gasteiger partial charge in [-0.3, -0.25) is 19.7 Å². The number of aliphatic hydroxyl groups is 1. The number of nitrogens with one attached hydrogen (secondary N) is 1. The summed E-state index contributed by atoms with van der Waals surface area (Å²) in [5.74, 6) is 0.703. The fourth-order valence-corrected chi connectivity index (χ4v) is 5.90. The van der Waals surface area contributed by atoms with Crippen LogP contribution in [0.4, 0.5) is 0 Å². The molecule has 6 rings (SSSR count). The van der Waals surface area contributed by atoms with Crippen molar-refractivity contribution in [3.05, 3.63) is 40.8 Å². The third kappa shape index (κ3) is 4.09. The number of aromatic nitrogens is 7. The van der Waals surface area contributed by atoms with Gasteiger partial charge in [-0.05, 0) is 64.9 Å². The first kappa shape index (κ1) is 25.5. The van der Waals surface area contributed by atoms with Gasteiger partial charge in [-0.15, -0.1) is 0 Å². The van der Waals surface area contributed by atoms with Crippen molar-refractivity contribution < 1.29 is 9.84 Å². The summed E-state index contributed by atoms with van der Waals surface area (Å²) in [6.45, 7) is 11.6. The van der Waals surface area contributed by atoms with E-state index in [2.05, 4.69) is 54.2 Å². The smallest absolute Gasteiger partial charge is 0.221 e. The van der Waals surface area contributed by atoms with Crippen molar-refractivity contribution in [3.63, 3.8) is 0 Å². The number of likely N-dealkylation sites (N-methyl/N-ethyl adjacent to an activating group) is 1. The zero-order chi connectivity index (χ0) is 27.6. The van der Waals surface area contributed by atoms with Crippen LogP contribution < -0.4 is 4.74 Å². The number of aliphatic hydroxyl groups excluding tert-OH is 1. The molecule has 4 bridgehead atoms. The first-order chi connectivity index (χ1) is 18.7. The maximum absolute atomic E-state index is 10.1. The largest absolute Gasteiger partial charge is 0.473 e. The Morgan fingerprint density at radius 1 is 1.13 bits per heavy atom. The summed E-state index contributed by atoms with van der Waals surface area (Å²) < 4.78 is 10.3. The van der Waals surface area contributed by atoms with Gasteiger partial charge in [0.05, 0.1) is 52.0 Å². The molecular formula is C29H36N8O2. The number of rotatable bonds is 3. The summed E-state index contributed by atoms with van der Waals surface area (Å²) in [7, 11) is 4.00. The zero-order valence-electron chi connectivity index (χ0n) is 23.7. The molecule has 0 spiro atoms. The summed E-state index contributed by atoms with van der Waals surface area (Å²) in [4.78, 5) is 7.20. The topological polar surface area (TPSA) is 110 Å². The van der Waals surface area contributed by atoms with E-state index in [0.717, 1.165) is 73.4 Å². The molecule has 1 aliphatic heterocycles. The van der Waals surface area contributed by atoms with E-state index in [1.807, 2.05) is 32.5 Å². The fourth-order valence-electron chi connectivity index (χ4n) is 5.90. The molecule has 5 aromatic rings. The molecule has 1 aliphatic rings. The van der Waals surface area contributed by atoms with Crippen molar-refractivity contribution in [2.24, 2.45) is 7.05 Å². The lowest BCUT2D eigenvalue weighted by Gasteiger charge is -2.24. The minimum atomic E-state index is -0.146. The lowest BCUT2D eigenvalue weighted by molar-refractivity contribution is 0.145. The Labute approximate surface area is 227 Å². The Hall–Kier alpha value is -3.76. The Balaban J connectivity index is 1.69. The molecular weight excluding hydrogens is 492 g/mol. The number of fused-ring (bicyclic) bond motifs is 5. The molecule has 204 valence electrons. The van der Waals surface area contributed by atoms with Crippen LogP contribution >= 0.6 is 0 Å². The molecule has 39 heavy (non-hydrogen) atoms. The molecule has 10 nitrogen and oxygen atoms in total. The van der Waals surface area contributed by atoms with Crippen molar-refractivity contribution >= 4 is 21.8 Å². The Bertz CT molecular complexity index is 1710. The van der Waals surface area contributed by atoms with E-state index in [0.29, 0.717) is 19.0 Å². The normalized spacial score (nSPS) is 17.0. The molecule has 4 aromatic heterocycles. The van der Waals surface area contributed by atoms with Gasteiger partial charge in [-0.2, -0.15) is 15.3 Å². The number of H-pyrrole nitrogens is 1. The van der Waals surface area contributed by atoms with Gasteiger partial charge in [-0.25, -0.2) is 4.68 Å². The van der Waals surface area contributed by atoms with Gasteiger partial charge in [0.1, 0.15) is 11.8 Å². The molecule has 0 saturated carbocycles. The fraction of sp³-hybridized carbons (Fsp3) is 0.448. The first-order valence-electron chi connectivity index (χ1n) is 13.6. The first-order valence-corrected chi connectivity index (χ1v) is 13.6. The minimum absolute atomic E-state index is 0.0141. The van der Waals surface area contributed by atoms with Gasteiger partial charge in [0, 0.05) is 36.5 Å². The standard InChI is InChI=1S/C29H36N8O2/c1-8-19-9-20-10-21-24(37(15(2)14-38)34-28(19)21)13-35(6)12-16(3)39-29-25(17(4)33-36(29)7)23-11-22-26(18(5)30-23)31-32-27(20)22/h9-11,15-16,38H,8,12-14H2,1-7H3,(H,31,32)/t15-,16-/m0/s1. The molecule has 2 atom stereocenters. The number of aryl methyl sites for hydroxylation is 4. The average molecular weight is 529 g/mol. The van der Waals surface area contributed by atoms with E-state index in [1.54, 1.807) is 4.68 Å². The number of hydrogen-bond acceptors (Lipinski definition) is 7. The lowest BCUT2D eigenvalue weighted by atomic mass is 9.99. The van der Waals surface area contributed by atoms with E-state index >= 15 is 0 Å². The van der Waals surface area contributed by atoms with Crippen LogP contribution in [0.2, 0.25) is 0 Å². The SMILES string of the molecule is CCc1cc2cc3c(n([C@@H](C)CO)nc13)CN(C)C[C@H](C)Oc1c(c(C)nn1C)-c1cc3c-2n[nH]c3c(C)n1. The number of aromatic amines is 1. The third-order valence-electron chi connectivity index (χ3n) is 7.78. The molecule has 1 aromatic carbocycles. The molecule has 0 saturated heterocycles. The molecule has 5 heterocycles. The van der Waals surface area contributed by atoms with Crippen LogP contribution in [0.1, 0.15) is 49.5 Å². The van der Waals surface area contributed by atoms with E-state index in [4.69, 9.17) is 19.9 Å². The average Bonchev–Trinajstić information content (AvgIpc) is 3.56. The van der Waals surface area contributed by atoms with E-state index < -0.39 is 0 Å². The highest BCUT2D eigenvalue weighted by atomic mass is 16.5. The number of benzene rings is 1. The monoisotopic (exact) mass is 528 g/mol. The van der Waals surface area contributed by atoms with E-state index in [1.165, 1.54) is 0 Å². The van der Waals surface area contributed by atoms with E-state index in [9.17, 15) is 5.11 Å². The lowest BCUT2D eigenvalue weighted by Crippen LogP contribution is -2.32. The summed E-state index contributed by atoms with van der Waals surface area (Å²) in [5.41, 5.74) is 9.49. The zero-order valence-corrected chi connectivity index (χ0v) is 23.7. The number of nitrogens with zero attached hydrogens (tertiary/aromatic N) is 7. The quantitative estimate of drug-likeness (QED) is 0.359.